The summed E-state index contributed by atoms with van der Waals surface area (Å²) in [7, 11) is 0. The summed E-state index contributed by atoms with van der Waals surface area (Å²) in [6.45, 7) is 7.47. The van der Waals surface area contributed by atoms with Crippen molar-refractivity contribution in [2.45, 2.75) is 25.4 Å². The highest BCUT2D eigenvalue weighted by Crippen LogP contribution is 2.20. The first-order chi connectivity index (χ1) is 10.2. The van der Waals surface area contributed by atoms with E-state index in [9.17, 15) is 8.78 Å². The van der Waals surface area contributed by atoms with E-state index in [4.69, 9.17) is 0 Å². The minimum absolute atomic E-state index is 0.109. The highest BCUT2D eigenvalue weighted by atomic mass is 19.3. The van der Waals surface area contributed by atoms with Crippen LogP contribution in [0.25, 0.3) is 0 Å². The monoisotopic (exact) mass is 295 g/mol. The van der Waals surface area contributed by atoms with E-state index >= 15 is 0 Å². The molecule has 1 N–H and O–H groups in total. The minimum Gasteiger partial charge on any atom is -0.315 e. The highest BCUT2D eigenvalue weighted by molar-refractivity contribution is 5.23. The van der Waals surface area contributed by atoms with Gasteiger partial charge in [-0.3, -0.25) is 9.80 Å². The summed E-state index contributed by atoms with van der Waals surface area (Å²) in [5.41, 5.74) is 1.23. The van der Waals surface area contributed by atoms with Crippen molar-refractivity contribution in [3.05, 3.63) is 35.4 Å². The predicted octanol–water partition coefficient (Wildman–Crippen LogP) is 2.10. The summed E-state index contributed by atoms with van der Waals surface area (Å²) in [5, 5.41) is 3.42. The van der Waals surface area contributed by atoms with Gasteiger partial charge in [0.1, 0.15) is 0 Å². The fraction of sp³-hybridized carbons (Fsp3) is 0.625. The summed E-state index contributed by atoms with van der Waals surface area (Å²) in [6, 6.07) is 7.45. The first-order valence-electron chi connectivity index (χ1n) is 7.76. The number of alkyl halides is 2. The van der Waals surface area contributed by atoms with Gasteiger partial charge in [0.25, 0.3) is 6.43 Å². The molecule has 1 unspecified atom stereocenters. The zero-order valence-corrected chi connectivity index (χ0v) is 12.3. The standard InChI is InChI=1S/C16H23F2N3/c17-16(18)14-3-1-13(2-4-14)12-20-7-9-21(10-8-20)15-5-6-19-11-15/h1-4,15-16,19H,5-12H2. The largest absolute Gasteiger partial charge is 0.315 e. The van der Waals surface area contributed by atoms with Gasteiger partial charge in [0.2, 0.25) is 0 Å². The first kappa shape index (κ1) is 14.9. The molecule has 5 heteroatoms. The number of hydrogen-bond donors (Lipinski definition) is 1. The van der Waals surface area contributed by atoms with E-state index in [1.807, 2.05) is 12.1 Å². The van der Waals surface area contributed by atoms with Crippen LogP contribution in [0.15, 0.2) is 24.3 Å². The molecule has 0 radical (unpaired) electrons. The third kappa shape index (κ3) is 3.78. The Balaban J connectivity index is 1.48. The Labute approximate surface area is 124 Å². The van der Waals surface area contributed by atoms with Crippen molar-refractivity contribution in [2.24, 2.45) is 0 Å². The van der Waals surface area contributed by atoms with Crippen LogP contribution in [0.1, 0.15) is 24.0 Å². The molecule has 0 saturated carbocycles. The normalized spacial score (nSPS) is 24.8. The third-order valence-electron chi connectivity index (χ3n) is 4.60. The molecular weight excluding hydrogens is 272 g/mol. The van der Waals surface area contributed by atoms with Gasteiger partial charge in [-0.05, 0) is 18.5 Å². The lowest BCUT2D eigenvalue weighted by Crippen LogP contribution is -2.50. The Hall–Kier alpha value is -1.04. The van der Waals surface area contributed by atoms with E-state index in [0.29, 0.717) is 6.04 Å². The summed E-state index contributed by atoms with van der Waals surface area (Å²) < 4.78 is 25.1. The van der Waals surface area contributed by atoms with E-state index in [1.165, 1.54) is 6.42 Å². The molecule has 0 aliphatic carbocycles. The fourth-order valence-corrected chi connectivity index (χ4v) is 3.26. The molecule has 2 heterocycles. The van der Waals surface area contributed by atoms with E-state index in [-0.39, 0.29) is 5.56 Å². The van der Waals surface area contributed by atoms with Crippen LogP contribution in [0.4, 0.5) is 8.78 Å². The average Bonchev–Trinajstić information content (AvgIpc) is 3.03. The lowest BCUT2D eigenvalue weighted by Gasteiger charge is -2.37. The topological polar surface area (TPSA) is 18.5 Å². The van der Waals surface area contributed by atoms with Crippen molar-refractivity contribution in [1.82, 2.24) is 15.1 Å². The second-order valence-electron chi connectivity index (χ2n) is 6.00. The lowest BCUT2D eigenvalue weighted by atomic mass is 10.1. The highest BCUT2D eigenvalue weighted by Gasteiger charge is 2.25. The molecule has 1 atom stereocenters. The Morgan fingerprint density at radius 1 is 1.10 bits per heavy atom. The molecule has 3 nitrogen and oxygen atoms in total. The number of rotatable bonds is 4. The van der Waals surface area contributed by atoms with Crippen LogP contribution in [0.3, 0.4) is 0 Å². The molecule has 1 aromatic carbocycles. The van der Waals surface area contributed by atoms with Crippen LogP contribution < -0.4 is 5.32 Å². The maximum Gasteiger partial charge on any atom is 0.263 e. The number of hydrogen-bond acceptors (Lipinski definition) is 3. The summed E-state index contributed by atoms with van der Waals surface area (Å²) in [5.74, 6) is 0. The second-order valence-corrected chi connectivity index (χ2v) is 6.00. The van der Waals surface area contributed by atoms with Crippen LogP contribution in [0.5, 0.6) is 0 Å². The van der Waals surface area contributed by atoms with Gasteiger partial charge in [-0.25, -0.2) is 8.78 Å². The number of nitrogens with one attached hydrogen (secondary N) is 1. The molecule has 116 valence electrons. The van der Waals surface area contributed by atoms with Crippen LogP contribution in [-0.4, -0.2) is 55.1 Å². The smallest absolute Gasteiger partial charge is 0.263 e. The van der Waals surface area contributed by atoms with E-state index in [2.05, 4.69) is 15.1 Å². The molecule has 1 aromatic rings. The lowest BCUT2D eigenvalue weighted by molar-refractivity contribution is 0.0981. The van der Waals surface area contributed by atoms with Gasteiger partial charge in [-0.15, -0.1) is 0 Å². The molecule has 21 heavy (non-hydrogen) atoms. The Bertz CT molecular complexity index is 435. The molecular formula is C16H23F2N3. The zero-order valence-electron chi connectivity index (χ0n) is 12.3. The molecule has 2 fully saturated rings. The molecule has 0 aromatic heterocycles. The second kappa shape index (κ2) is 6.81. The third-order valence-corrected chi connectivity index (χ3v) is 4.60. The quantitative estimate of drug-likeness (QED) is 0.918. The Morgan fingerprint density at radius 2 is 1.81 bits per heavy atom. The van der Waals surface area contributed by atoms with Crippen LogP contribution >= 0.6 is 0 Å². The van der Waals surface area contributed by atoms with Crippen molar-refractivity contribution in [3.8, 4) is 0 Å². The van der Waals surface area contributed by atoms with E-state index < -0.39 is 6.43 Å². The molecule has 0 amide bonds. The van der Waals surface area contributed by atoms with Crippen molar-refractivity contribution < 1.29 is 8.78 Å². The fourth-order valence-electron chi connectivity index (χ4n) is 3.26. The van der Waals surface area contributed by atoms with Crippen LogP contribution in [0, 0.1) is 0 Å². The summed E-state index contributed by atoms with van der Waals surface area (Å²) in [4.78, 5) is 4.99. The van der Waals surface area contributed by atoms with Crippen LogP contribution in [0.2, 0.25) is 0 Å². The molecule has 2 aliphatic heterocycles. The van der Waals surface area contributed by atoms with Crippen molar-refractivity contribution in [2.75, 3.05) is 39.3 Å². The van der Waals surface area contributed by atoms with Gasteiger partial charge in [0, 0.05) is 50.9 Å². The maximum absolute atomic E-state index is 12.5. The summed E-state index contributed by atoms with van der Waals surface area (Å²) in [6.07, 6.45) is -1.11. The van der Waals surface area contributed by atoms with Gasteiger partial charge in [-0.1, -0.05) is 24.3 Å². The number of nitrogens with zero attached hydrogens (tertiary/aromatic N) is 2. The molecule has 2 saturated heterocycles. The molecule has 2 aliphatic rings. The van der Waals surface area contributed by atoms with Gasteiger partial charge in [0.15, 0.2) is 0 Å². The van der Waals surface area contributed by atoms with Gasteiger partial charge in [-0.2, -0.15) is 0 Å². The number of piperazine rings is 1. The van der Waals surface area contributed by atoms with Gasteiger partial charge >= 0.3 is 0 Å². The number of benzene rings is 1. The van der Waals surface area contributed by atoms with E-state index in [1.54, 1.807) is 12.1 Å². The minimum atomic E-state index is -2.37. The molecule has 0 bridgehead atoms. The molecule has 0 spiro atoms. The Morgan fingerprint density at radius 3 is 2.38 bits per heavy atom. The summed E-state index contributed by atoms with van der Waals surface area (Å²) >= 11 is 0. The SMILES string of the molecule is FC(F)c1ccc(CN2CCN(C3CCNC3)CC2)cc1. The first-order valence-corrected chi connectivity index (χ1v) is 7.76. The van der Waals surface area contributed by atoms with Crippen molar-refractivity contribution >= 4 is 0 Å². The maximum atomic E-state index is 12.5. The van der Waals surface area contributed by atoms with Gasteiger partial charge in [0.05, 0.1) is 0 Å². The van der Waals surface area contributed by atoms with Gasteiger partial charge < -0.3 is 5.32 Å². The molecule has 3 rings (SSSR count). The van der Waals surface area contributed by atoms with Crippen molar-refractivity contribution in [3.63, 3.8) is 0 Å². The average molecular weight is 295 g/mol. The van der Waals surface area contributed by atoms with Crippen molar-refractivity contribution in [1.29, 1.82) is 0 Å². The predicted molar refractivity (Wildman–Crippen MR) is 79.5 cm³/mol. The van der Waals surface area contributed by atoms with E-state index in [0.717, 1.165) is 51.4 Å². The number of halogens is 2. The van der Waals surface area contributed by atoms with Crippen LogP contribution in [-0.2, 0) is 6.54 Å². The Kier molecular flexibility index (Phi) is 4.83. The zero-order chi connectivity index (χ0) is 14.7.